The van der Waals surface area contributed by atoms with E-state index in [2.05, 4.69) is 11.4 Å². The molecular weight excluding hydrogens is 314 g/mol. The molecule has 1 N–H and O–H groups in total. The van der Waals surface area contributed by atoms with Crippen molar-refractivity contribution in [2.75, 3.05) is 19.6 Å². The fraction of sp³-hybridized carbons (Fsp3) is 0.786. The predicted molar refractivity (Wildman–Crippen MR) is 78.7 cm³/mol. The van der Waals surface area contributed by atoms with Crippen LogP contribution in [0.5, 0.6) is 0 Å². The summed E-state index contributed by atoms with van der Waals surface area (Å²) in [5.41, 5.74) is 0. The van der Waals surface area contributed by atoms with Crippen LogP contribution in [0, 0.1) is 11.8 Å². The normalized spacial score (nSPS) is 24.6. The molecule has 0 bridgehead atoms. The highest BCUT2D eigenvalue weighted by Crippen LogP contribution is 2.23. The molecular formula is C14H22F2N2O3S. The Hall–Kier alpha value is -1.02. The Morgan fingerprint density at radius 1 is 1.23 bits per heavy atom. The van der Waals surface area contributed by atoms with E-state index in [4.69, 9.17) is 0 Å². The van der Waals surface area contributed by atoms with Crippen LogP contribution in [0.2, 0.25) is 0 Å². The molecule has 1 saturated heterocycles. The van der Waals surface area contributed by atoms with Gasteiger partial charge in [0.15, 0.2) is 0 Å². The maximum Gasteiger partial charge on any atom is 0.350 e. The molecule has 1 aliphatic carbocycles. The summed E-state index contributed by atoms with van der Waals surface area (Å²) in [6.45, 7) is 0.681. The quantitative estimate of drug-likeness (QED) is 0.778. The smallest absolute Gasteiger partial charge is 0.350 e. The predicted octanol–water partition coefficient (Wildman–Crippen LogP) is 1.72. The number of nitrogens with one attached hydrogen (secondary N) is 1. The average molecular weight is 336 g/mol. The second-order valence-corrected chi connectivity index (χ2v) is 7.78. The van der Waals surface area contributed by atoms with Crippen molar-refractivity contribution >= 4 is 15.9 Å². The fourth-order valence-electron chi connectivity index (χ4n) is 2.90. The molecule has 2 rings (SSSR count). The number of sulfonamides is 1. The fourth-order valence-corrected chi connectivity index (χ4v) is 3.85. The zero-order valence-electron chi connectivity index (χ0n) is 12.4. The van der Waals surface area contributed by atoms with Crippen molar-refractivity contribution < 1.29 is 22.0 Å². The molecule has 5 nitrogen and oxygen atoms in total. The van der Waals surface area contributed by atoms with Gasteiger partial charge < -0.3 is 5.32 Å². The first-order valence-corrected chi connectivity index (χ1v) is 9.11. The summed E-state index contributed by atoms with van der Waals surface area (Å²) < 4.78 is 48.5. The van der Waals surface area contributed by atoms with E-state index in [1.165, 1.54) is 0 Å². The van der Waals surface area contributed by atoms with E-state index in [1.807, 2.05) is 6.08 Å². The Morgan fingerprint density at radius 2 is 1.91 bits per heavy atom. The van der Waals surface area contributed by atoms with Crippen molar-refractivity contribution in [2.45, 2.75) is 37.9 Å². The topological polar surface area (TPSA) is 66.5 Å². The van der Waals surface area contributed by atoms with Gasteiger partial charge in [0.05, 0.1) is 0 Å². The summed E-state index contributed by atoms with van der Waals surface area (Å²) in [6, 6.07) is 0. The van der Waals surface area contributed by atoms with Crippen molar-refractivity contribution in [1.29, 1.82) is 0 Å². The summed E-state index contributed by atoms with van der Waals surface area (Å²) >= 11 is 0. The van der Waals surface area contributed by atoms with Crippen LogP contribution in [0.1, 0.15) is 32.1 Å². The Kier molecular flexibility index (Phi) is 5.91. The van der Waals surface area contributed by atoms with Crippen molar-refractivity contribution in [3.63, 3.8) is 0 Å². The number of rotatable bonds is 5. The van der Waals surface area contributed by atoms with Crippen LogP contribution in [0.3, 0.4) is 0 Å². The second-order valence-electron chi connectivity index (χ2n) is 5.87. The SMILES string of the molecule is O=C(NCC1CCN(S(=O)(=O)C(F)F)CC1)[C@H]1CC=CCC1. The van der Waals surface area contributed by atoms with Crippen LogP contribution in [0.15, 0.2) is 12.2 Å². The minimum absolute atomic E-state index is 0.0179. The Balaban J connectivity index is 1.74. The minimum atomic E-state index is -4.47. The molecule has 0 aromatic rings. The number of allylic oxidation sites excluding steroid dienone is 2. The molecule has 0 aromatic heterocycles. The molecule has 1 aliphatic heterocycles. The van der Waals surface area contributed by atoms with Crippen molar-refractivity contribution in [2.24, 2.45) is 11.8 Å². The zero-order valence-corrected chi connectivity index (χ0v) is 13.2. The van der Waals surface area contributed by atoms with Gasteiger partial charge >= 0.3 is 5.76 Å². The third kappa shape index (κ3) is 4.25. The number of halogens is 2. The van der Waals surface area contributed by atoms with Gasteiger partial charge in [0.1, 0.15) is 0 Å². The molecule has 8 heteroatoms. The van der Waals surface area contributed by atoms with Crippen LogP contribution in [-0.2, 0) is 14.8 Å². The number of nitrogens with zero attached hydrogens (tertiary/aromatic N) is 1. The lowest BCUT2D eigenvalue weighted by Crippen LogP contribution is -2.44. The molecule has 126 valence electrons. The van der Waals surface area contributed by atoms with Crippen LogP contribution in [0.25, 0.3) is 0 Å². The maximum absolute atomic E-state index is 12.5. The van der Waals surface area contributed by atoms with E-state index in [0.29, 0.717) is 19.4 Å². The number of alkyl halides is 2. The monoisotopic (exact) mass is 336 g/mol. The summed E-state index contributed by atoms with van der Waals surface area (Å²) in [7, 11) is -4.47. The highest BCUT2D eigenvalue weighted by molar-refractivity contribution is 7.89. The molecule has 1 amide bonds. The Bertz CT molecular complexity index is 514. The van der Waals surface area contributed by atoms with Crippen LogP contribution in [0.4, 0.5) is 8.78 Å². The van der Waals surface area contributed by atoms with Crippen LogP contribution in [-0.4, -0.2) is 44.0 Å². The molecule has 2 aliphatic rings. The molecule has 22 heavy (non-hydrogen) atoms. The van der Waals surface area contributed by atoms with Crippen molar-refractivity contribution in [1.82, 2.24) is 9.62 Å². The van der Waals surface area contributed by atoms with Crippen LogP contribution >= 0.6 is 0 Å². The molecule has 0 saturated carbocycles. The zero-order chi connectivity index (χ0) is 16.2. The van der Waals surface area contributed by atoms with Gasteiger partial charge in [0.2, 0.25) is 5.91 Å². The number of carbonyl (C=O) groups is 1. The molecule has 0 spiro atoms. The van der Waals surface area contributed by atoms with Gasteiger partial charge in [-0.1, -0.05) is 12.2 Å². The largest absolute Gasteiger partial charge is 0.356 e. The highest BCUT2D eigenvalue weighted by Gasteiger charge is 2.34. The minimum Gasteiger partial charge on any atom is -0.356 e. The Labute approximate surface area is 129 Å². The van der Waals surface area contributed by atoms with Gasteiger partial charge in [0, 0.05) is 25.6 Å². The first kappa shape index (κ1) is 17.3. The van der Waals surface area contributed by atoms with Crippen molar-refractivity contribution in [3.8, 4) is 0 Å². The molecule has 0 unspecified atom stereocenters. The first-order chi connectivity index (χ1) is 10.4. The van der Waals surface area contributed by atoms with Gasteiger partial charge in [-0.05, 0) is 38.0 Å². The van der Waals surface area contributed by atoms with E-state index in [1.54, 1.807) is 0 Å². The number of piperidine rings is 1. The lowest BCUT2D eigenvalue weighted by molar-refractivity contribution is -0.125. The summed E-state index contributed by atoms with van der Waals surface area (Å²) in [5.74, 6) is -3.16. The van der Waals surface area contributed by atoms with E-state index in [-0.39, 0.29) is 30.8 Å². The standard InChI is InChI=1S/C14H22F2N2O3S/c15-14(16)22(20,21)18-8-6-11(7-9-18)10-17-13(19)12-4-2-1-3-5-12/h1-2,11-12,14H,3-10H2,(H,17,19)/t12-/m0/s1. The summed E-state index contributed by atoms with van der Waals surface area (Å²) in [6.07, 6.45) is 7.62. The number of amides is 1. The van der Waals surface area contributed by atoms with Crippen molar-refractivity contribution in [3.05, 3.63) is 12.2 Å². The first-order valence-electron chi connectivity index (χ1n) is 7.61. The maximum atomic E-state index is 12.5. The highest BCUT2D eigenvalue weighted by atomic mass is 32.2. The summed E-state index contributed by atoms with van der Waals surface area (Å²) in [5, 5.41) is 2.91. The molecule has 1 heterocycles. The molecule has 1 fully saturated rings. The van der Waals surface area contributed by atoms with E-state index in [0.717, 1.165) is 23.6 Å². The third-order valence-electron chi connectivity index (χ3n) is 4.36. The van der Waals surface area contributed by atoms with Gasteiger partial charge in [0.25, 0.3) is 10.0 Å². The van der Waals surface area contributed by atoms with Gasteiger partial charge in [-0.3, -0.25) is 4.79 Å². The average Bonchev–Trinajstić information content (AvgIpc) is 2.53. The van der Waals surface area contributed by atoms with Gasteiger partial charge in [-0.2, -0.15) is 13.1 Å². The van der Waals surface area contributed by atoms with Gasteiger partial charge in [-0.25, -0.2) is 8.42 Å². The van der Waals surface area contributed by atoms with E-state index >= 15 is 0 Å². The van der Waals surface area contributed by atoms with Crippen LogP contribution < -0.4 is 5.32 Å². The van der Waals surface area contributed by atoms with Gasteiger partial charge in [-0.15, -0.1) is 0 Å². The Morgan fingerprint density at radius 3 is 2.45 bits per heavy atom. The molecule has 0 radical (unpaired) electrons. The van der Waals surface area contributed by atoms with E-state index in [9.17, 15) is 22.0 Å². The molecule has 0 aromatic carbocycles. The third-order valence-corrected chi connectivity index (χ3v) is 5.90. The lowest BCUT2D eigenvalue weighted by atomic mass is 9.93. The second kappa shape index (κ2) is 7.50. The lowest BCUT2D eigenvalue weighted by Gasteiger charge is -2.31. The number of hydrogen-bond donors (Lipinski definition) is 1. The van der Waals surface area contributed by atoms with E-state index < -0.39 is 15.8 Å². The molecule has 1 atom stereocenters. The summed E-state index contributed by atoms with van der Waals surface area (Å²) in [4.78, 5) is 12.0. The number of hydrogen-bond acceptors (Lipinski definition) is 3. The number of carbonyl (C=O) groups excluding carboxylic acids is 1.